The van der Waals surface area contributed by atoms with E-state index in [1.54, 1.807) is 0 Å². The van der Waals surface area contributed by atoms with Crippen LogP contribution < -0.4 is 0 Å². The number of hydrogen-bond acceptors (Lipinski definition) is 2. The molecule has 0 aliphatic carbocycles. The number of fused-ring (bicyclic) bond motifs is 1. The molecule has 0 aliphatic rings. The maximum atomic E-state index is 10.6. The van der Waals surface area contributed by atoms with Crippen LogP contribution in [0.5, 0.6) is 5.75 Å². The Morgan fingerprint density at radius 2 is 2.14 bits per heavy atom. The van der Waals surface area contributed by atoms with Crippen molar-refractivity contribution in [2.45, 2.75) is 0 Å². The van der Waals surface area contributed by atoms with E-state index in [1.165, 1.54) is 18.2 Å². The lowest BCUT2D eigenvalue weighted by atomic mass is 10.2. The molecule has 4 nitrogen and oxygen atoms in total. The third-order valence-electron chi connectivity index (χ3n) is 1.95. The highest BCUT2D eigenvalue weighted by molar-refractivity contribution is 6.35. The summed E-state index contributed by atoms with van der Waals surface area (Å²) in [6, 6.07) is 4.27. The average Bonchev–Trinajstić information content (AvgIpc) is 2.57. The summed E-state index contributed by atoms with van der Waals surface area (Å²) in [5.41, 5.74) is 0.437. The van der Waals surface area contributed by atoms with Crippen molar-refractivity contribution in [3.63, 3.8) is 0 Å². The van der Waals surface area contributed by atoms with Crippen LogP contribution in [0.15, 0.2) is 18.2 Å². The standard InChI is InChI=1S/C9H6ClNO3/c10-5-1-2-7(12)4-3-6(9(13)14)11-8(4)5/h1-3,11-12H,(H,13,14). The molecule has 1 aromatic carbocycles. The third kappa shape index (κ3) is 1.20. The van der Waals surface area contributed by atoms with Gasteiger partial charge in [-0.3, -0.25) is 0 Å². The molecular weight excluding hydrogens is 206 g/mol. The van der Waals surface area contributed by atoms with E-state index in [-0.39, 0.29) is 11.4 Å². The summed E-state index contributed by atoms with van der Waals surface area (Å²) in [6.45, 7) is 0. The number of hydrogen-bond donors (Lipinski definition) is 3. The van der Waals surface area contributed by atoms with Gasteiger partial charge in [-0.1, -0.05) is 11.6 Å². The summed E-state index contributed by atoms with van der Waals surface area (Å²) in [6.07, 6.45) is 0. The molecule has 0 spiro atoms. The van der Waals surface area contributed by atoms with Crippen molar-refractivity contribution in [1.29, 1.82) is 0 Å². The van der Waals surface area contributed by atoms with Crippen molar-refractivity contribution >= 4 is 28.5 Å². The van der Waals surface area contributed by atoms with Gasteiger partial charge in [0.05, 0.1) is 10.5 Å². The molecule has 0 fully saturated rings. The molecule has 0 bridgehead atoms. The number of aromatic carboxylic acids is 1. The van der Waals surface area contributed by atoms with E-state index in [2.05, 4.69) is 4.98 Å². The fourth-order valence-corrected chi connectivity index (χ4v) is 1.50. The molecular formula is C9H6ClNO3. The van der Waals surface area contributed by atoms with Gasteiger partial charge in [-0.05, 0) is 18.2 Å². The second kappa shape index (κ2) is 2.92. The highest BCUT2D eigenvalue weighted by atomic mass is 35.5. The second-order valence-corrected chi connectivity index (χ2v) is 3.25. The largest absolute Gasteiger partial charge is 0.507 e. The molecule has 0 atom stereocenters. The maximum absolute atomic E-state index is 10.6. The monoisotopic (exact) mass is 211 g/mol. The topological polar surface area (TPSA) is 73.3 Å². The van der Waals surface area contributed by atoms with Crippen LogP contribution in [0.3, 0.4) is 0 Å². The molecule has 0 amide bonds. The molecule has 2 aromatic rings. The first kappa shape index (κ1) is 8.90. The molecule has 1 aromatic heterocycles. The lowest BCUT2D eigenvalue weighted by molar-refractivity contribution is 0.0691. The summed E-state index contributed by atoms with van der Waals surface area (Å²) >= 11 is 5.81. The Kier molecular flexibility index (Phi) is 1.86. The number of carboxylic acid groups (broad SMARTS) is 1. The van der Waals surface area contributed by atoms with E-state index in [4.69, 9.17) is 16.7 Å². The maximum Gasteiger partial charge on any atom is 0.352 e. The van der Waals surface area contributed by atoms with Crippen LogP contribution in [0.25, 0.3) is 10.9 Å². The first-order valence-corrected chi connectivity index (χ1v) is 4.21. The van der Waals surface area contributed by atoms with Gasteiger partial charge in [0.15, 0.2) is 0 Å². The summed E-state index contributed by atoms with van der Waals surface area (Å²) in [5, 5.41) is 18.9. The van der Waals surface area contributed by atoms with Crippen LogP contribution in [0.4, 0.5) is 0 Å². The smallest absolute Gasteiger partial charge is 0.352 e. The van der Waals surface area contributed by atoms with Gasteiger partial charge in [0, 0.05) is 5.39 Å². The van der Waals surface area contributed by atoms with Crippen LogP contribution in [-0.4, -0.2) is 21.2 Å². The fourth-order valence-electron chi connectivity index (χ4n) is 1.29. The Bertz CT molecular complexity index is 479. The van der Waals surface area contributed by atoms with Crippen LogP contribution in [0.2, 0.25) is 5.02 Å². The van der Waals surface area contributed by atoms with Crippen molar-refractivity contribution in [3.8, 4) is 5.75 Å². The van der Waals surface area contributed by atoms with Crippen LogP contribution >= 0.6 is 11.6 Å². The quantitative estimate of drug-likeness (QED) is 0.677. The fraction of sp³-hybridized carbons (Fsp3) is 0. The Morgan fingerprint density at radius 3 is 2.71 bits per heavy atom. The Hall–Kier alpha value is -1.68. The van der Waals surface area contributed by atoms with Crippen molar-refractivity contribution in [2.75, 3.05) is 0 Å². The van der Waals surface area contributed by atoms with Gasteiger partial charge in [-0.2, -0.15) is 0 Å². The molecule has 2 rings (SSSR count). The first-order chi connectivity index (χ1) is 6.59. The minimum Gasteiger partial charge on any atom is -0.507 e. The highest BCUT2D eigenvalue weighted by Gasteiger charge is 2.11. The number of phenolic OH excluding ortho intramolecular Hbond substituents is 1. The number of carboxylic acids is 1. The number of halogens is 1. The molecule has 5 heteroatoms. The van der Waals surface area contributed by atoms with Crippen LogP contribution in [-0.2, 0) is 0 Å². The second-order valence-electron chi connectivity index (χ2n) is 2.84. The summed E-state index contributed by atoms with van der Waals surface area (Å²) in [5.74, 6) is -1.08. The lowest BCUT2D eigenvalue weighted by Crippen LogP contribution is -1.94. The number of rotatable bonds is 1. The van der Waals surface area contributed by atoms with Crippen molar-refractivity contribution < 1.29 is 15.0 Å². The summed E-state index contributed by atoms with van der Waals surface area (Å²) in [4.78, 5) is 13.2. The molecule has 72 valence electrons. The van der Waals surface area contributed by atoms with Crippen LogP contribution in [0.1, 0.15) is 10.5 Å². The SMILES string of the molecule is O=C(O)c1cc2c(O)ccc(Cl)c2[nH]1. The normalized spacial score (nSPS) is 10.6. The van der Waals surface area contributed by atoms with Gasteiger partial charge in [0.2, 0.25) is 0 Å². The molecule has 1 heterocycles. The predicted octanol–water partition coefficient (Wildman–Crippen LogP) is 2.23. The summed E-state index contributed by atoms with van der Waals surface area (Å²) < 4.78 is 0. The molecule has 0 saturated heterocycles. The van der Waals surface area contributed by atoms with Gasteiger partial charge in [0.25, 0.3) is 0 Å². The Morgan fingerprint density at radius 1 is 1.43 bits per heavy atom. The van der Waals surface area contributed by atoms with Gasteiger partial charge >= 0.3 is 5.97 Å². The Labute approximate surface area is 83.7 Å². The van der Waals surface area contributed by atoms with Gasteiger partial charge in [-0.25, -0.2) is 4.79 Å². The van der Waals surface area contributed by atoms with Crippen LogP contribution in [0, 0.1) is 0 Å². The van der Waals surface area contributed by atoms with Crippen molar-refractivity contribution in [2.24, 2.45) is 0 Å². The molecule has 0 saturated carbocycles. The average molecular weight is 212 g/mol. The van der Waals surface area contributed by atoms with E-state index >= 15 is 0 Å². The zero-order valence-electron chi connectivity index (χ0n) is 6.91. The van der Waals surface area contributed by atoms with Gasteiger partial charge < -0.3 is 15.2 Å². The summed E-state index contributed by atoms with van der Waals surface area (Å²) in [7, 11) is 0. The first-order valence-electron chi connectivity index (χ1n) is 3.83. The van der Waals surface area contributed by atoms with Crippen molar-refractivity contribution in [1.82, 2.24) is 4.98 Å². The van der Waals surface area contributed by atoms with E-state index < -0.39 is 5.97 Å². The van der Waals surface area contributed by atoms with E-state index in [9.17, 15) is 9.90 Å². The number of aromatic hydroxyl groups is 1. The van der Waals surface area contributed by atoms with E-state index in [0.717, 1.165) is 0 Å². The number of benzene rings is 1. The van der Waals surface area contributed by atoms with Crippen molar-refractivity contribution in [3.05, 3.63) is 28.9 Å². The zero-order valence-corrected chi connectivity index (χ0v) is 7.67. The zero-order chi connectivity index (χ0) is 10.3. The minimum atomic E-state index is -1.09. The third-order valence-corrected chi connectivity index (χ3v) is 2.27. The van der Waals surface area contributed by atoms with E-state index in [0.29, 0.717) is 15.9 Å². The number of aromatic amines is 1. The number of phenols is 1. The number of aromatic nitrogens is 1. The Balaban J connectivity index is 2.82. The molecule has 0 aliphatic heterocycles. The molecule has 3 N–H and O–H groups in total. The highest BCUT2D eigenvalue weighted by Crippen LogP contribution is 2.30. The predicted molar refractivity (Wildman–Crippen MR) is 51.9 cm³/mol. The van der Waals surface area contributed by atoms with Gasteiger partial charge in [0.1, 0.15) is 11.4 Å². The lowest BCUT2D eigenvalue weighted by Gasteiger charge is -1.95. The molecule has 0 radical (unpaired) electrons. The van der Waals surface area contributed by atoms with E-state index in [1.807, 2.05) is 0 Å². The number of nitrogens with one attached hydrogen (secondary N) is 1. The number of H-pyrrole nitrogens is 1. The molecule has 0 unspecified atom stereocenters. The van der Waals surface area contributed by atoms with Gasteiger partial charge in [-0.15, -0.1) is 0 Å². The number of carbonyl (C=O) groups is 1. The molecule has 14 heavy (non-hydrogen) atoms. The minimum absolute atomic E-state index is 0.00315.